The number of rotatable bonds is 5. The van der Waals surface area contributed by atoms with Gasteiger partial charge in [0, 0.05) is 17.4 Å². The number of amides is 2. The van der Waals surface area contributed by atoms with E-state index < -0.39 is 0 Å². The Morgan fingerprint density at radius 2 is 1.62 bits per heavy atom. The number of likely N-dealkylation sites (tertiary alicyclic amines) is 1. The minimum absolute atomic E-state index is 0.0536. The van der Waals surface area contributed by atoms with Crippen LogP contribution >= 0.6 is 11.6 Å². The van der Waals surface area contributed by atoms with Crippen LogP contribution in [0.15, 0.2) is 48.5 Å². The molecule has 24 heavy (non-hydrogen) atoms. The quantitative estimate of drug-likeness (QED) is 0.766. The highest BCUT2D eigenvalue weighted by Gasteiger charge is 2.37. The Kier molecular flexibility index (Phi) is 5.00. The number of imide groups is 1. The molecule has 1 aliphatic heterocycles. The number of halogens is 1. The second kappa shape index (κ2) is 7.18. The van der Waals surface area contributed by atoms with Gasteiger partial charge in [0.15, 0.2) is 0 Å². The third-order valence-electron chi connectivity index (χ3n) is 4.49. The van der Waals surface area contributed by atoms with Crippen molar-refractivity contribution in [1.29, 1.82) is 0 Å². The fourth-order valence-electron chi connectivity index (χ4n) is 3.01. The first kappa shape index (κ1) is 16.7. The Bertz CT molecular complexity index is 737. The number of hydrogen-bond donors (Lipinski definition) is 0. The summed E-state index contributed by atoms with van der Waals surface area (Å²) in [6.07, 6.45) is 1.85. The lowest BCUT2D eigenvalue weighted by Crippen LogP contribution is -2.30. The monoisotopic (exact) mass is 341 g/mol. The maximum Gasteiger partial charge on any atom is 0.233 e. The van der Waals surface area contributed by atoms with Crippen LogP contribution in [0.1, 0.15) is 29.5 Å². The fraction of sp³-hybridized carbons (Fsp3) is 0.300. The fourth-order valence-corrected chi connectivity index (χ4v) is 3.14. The summed E-state index contributed by atoms with van der Waals surface area (Å²) in [6.45, 7) is 2.38. The molecule has 1 atom stereocenters. The molecule has 2 aromatic carbocycles. The van der Waals surface area contributed by atoms with E-state index in [4.69, 9.17) is 11.6 Å². The van der Waals surface area contributed by atoms with Crippen molar-refractivity contribution >= 4 is 23.4 Å². The van der Waals surface area contributed by atoms with Crippen molar-refractivity contribution < 1.29 is 9.59 Å². The summed E-state index contributed by atoms with van der Waals surface area (Å²) < 4.78 is 0. The highest BCUT2D eigenvalue weighted by atomic mass is 35.5. The highest BCUT2D eigenvalue weighted by Crippen LogP contribution is 2.26. The first-order valence-corrected chi connectivity index (χ1v) is 8.55. The lowest BCUT2D eigenvalue weighted by atomic mass is 9.97. The van der Waals surface area contributed by atoms with Gasteiger partial charge in [-0.25, -0.2) is 0 Å². The molecule has 1 saturated heterocycles. The van der Waals surface area contributed by atoms with E-state index >= 15 is 0 Å². The number of aryl methyl sites for hydroxylation is 2. The molecule has 3 nitrogen and oxygen atoms in total. The summed E-state index contributed by atoms with van der Waals surface area (Å²) >= 11 is 5.87. The van der Waals surface area contributed by atoms with E-state index in [0.29, 0.717) is 24.4 Å². The van der Waals surface area contributed by atoms with Gasteiger partial charge in [0.25, 0.3) is 0 Å². The normalized spacial score (nSPS) is 17.6. The van der Waals surface area contributed by atoms with Crippen molar-refractivity contribution in [3.63, 3.8) is 0 Å². The molecular weight excluding hydrogens is 322 g/mol. The minimum Gasteiger partial charge on any atom is -0.278 e. The third-order valence-corrected chi connectivity index (χ3v) is 4.75. The largest absolute Gasteiger partial charge is 0.278 e. The first-order chi connectivity index (χ1) is 11.5. The molecule has 0 saturated carbocycles. The average Bonchev–Trinajstić information content (AvgIpc) is 2.84. The molecule has 4 heteroatoms. The van der Waals surface area contributed by atoms with Gasteiger partial charge >= 0.3 is 0 Å². The second-order valence-electron chi connectivity index (χ2n) is 6.37. The standard InChI is InChI=1S/C20H20ClNO2/c1-14-2-4-15(5-3-14)6-9-17-12-19(23)22(20(17)24)13-16-7-10-18(21)11-8-16/h2-5,7-8,10-11,17H,6,9,12-13H2,1H3/t17-/m1/s1. The molecule has 1 aliphatic rings. The van der Waals surface area contributed by atoms with E-state index in [0.717, 1.165) is 12.0 Å². The van der Waals surface area contributed by atoms with E-state index in [-0.39, 0.29) is 17.7 Å². The molecule has 1 fully saturated rings. The van der Waals surface area contributed by atoms with Crippen molar-refractivity contribution in [1.82, 2.24) is 4.90 Å². The van der Waals surface area contributed by atoms with Crippen LogP contribution < -0.4 is 0 Å². The van der Waals surface area contributed by atoms with E-state index in [9.17, 15) is 9.59 Å². The molecule has 0 bridgehead atoms. The Balaban J connectivity index is 1.61. The van der Waals surface area contributed by atoms with Crippen molar-refractivity contribution in [2.45, 2.75) is 32.7 Å². The topological polar surface area (TPSA) is 37.4 Å². The Hall–Kier alpha value is -2.13. The van der Waals surface area contributed by atoms with Crippen molar-refractivity contribution in [3.8, 4) is 0 Å². The summed E-state index contributed by atoms with van der Waals surface area (Å²) in [5.41, 5.74) is 3.34. The van der Waals surface area contributed by atoms with Crippen LogP contribution in [0, 0.1) is 12.8 Å². The van der Waals surface area contributed by atoms with E-state index in [2.05, 4.69) is 31.2 Å². The van der Waals surface area contributed by atoms with Crippen LogP contribution in [0.25, 0.3) is 0 Å². The number of nitrogens with zero attached hydrogens (tertiary/aromatic N) is 1. The number of hydrogen-bond acceptors (Lipinski definition) is 2. The molecule has 0 aromatic heterocycles. The number of carbonyl (C=O) groups is 2. The molecule has 0 N–H and O–H groups in total. The van der Waals surface area contributed by atoms with Gasteiger partial charge in [0.05, 0.1) is 6.54 Å². The van der Waals surface area contributed by atoms with Gasteiger partial charge in [-0.15, -0.1) is 0 Å². The van der Waals surface area contributed by atoms with E-state index in [1.165, 1.54) is 16.0 Å². The molecule has 0 radical (unpaired) electrons. The molecule has 3 rings (SSSR count). The van der Waals surface area contributed by atoms with Gasteiger partial charge in [0.2, 0.25) is 11.8 Å². The molecule has 0 unspecified atom stereocenters. The SMILES string of the molecule is Cc1ccc(CC[C@@H]2CC(=O)N(Cc3ccc(Cl)cc3)C2=O)cc1. The lowest BCUT2D eigenvalue weighted by Gasteiger charge is -2.15. The zero-order valence-corrected chi connectivity index (χ0v) is 14.4. The highest BCUT2D eigenvalue weighted by molar-refractivity contribution is 6.30. The van der Waals surface area contributed by atoms with Crippen LogP contribution in [0.4, 0.5) is 0 Å². The van der Waals surface area contributed by atoms with Gasteiger partial charge in [-0.1, -0.05) is 53.6 Å². The van der Waals surface area contributed by atoms with Crippen LogP contribution in [-0.2, 0) is 22.6 Å². The smallest absolute Gasteiger partial charge is 0.233 e. The molecular formula is C20H20ClNO2. The minimum atomic E-state index is -0.203. The third kappa shape index (κ3) is 3.85. The summed E-state index contributed by atoms with van der Waals surface area (Å²) in [7, 11) is 0. The first-order valence-electron chi connectivity index (χ1n) is 8.17. The van der Waals surface area contributed by atoms with Crippen LogP contribution in [0.3, 0.4) is 0 Å². The predicted molar refractivity (Wildman–Crippen MR) is 94.6 cm³/mol. The van der Waals surface area contributed by atoms with Crippen LogP contribution in [-0.4, -0.2) is 16.7 Å². The van der Waals surface area contributed by atoms with Crippen molar-refractivity contribution in [2.75, 3.05) is 0 Å². The van der Waals surface area contributed by atoms with Gasteiger partial charge in [-0.3, -0.25) is 14.5 Å². The maximum absolute atomic E-state index is 12.5. The van der Waals surface area contributed by atoms with Gasteiger partial charge in [-0.2, -0.15) is 0 Å². The summed E-state index contributed by atoms with van der Waals surface area (Å²) in [5.74, 6) is -0.336. The number of carbonyl (C=O) groups excluding carboxylic acids is 2. The molecule has 1 heterocycles. The summed E-state index contributed by atoms with van der Waals surface area (Å²) in [5, 5.41) is 0.647. The average molecular weight is 342 g/mol. The second-order valence-corrected chi connectivity index (χ2v) is 6.81. The van der Waals surface area contributed by atoms with Crippen molar-refractivity contribution in [2.24, 2.45) is 5.92 Å². The van der Waals surface area contributed by atoms with E-state index in [1.54, 1.807) is 12.1 Å². The Morgan fingerprint density at radius 3 is 2.29 bits per heavy atom. The van der Waals surface area contributed by atoms with Crippen LogP contribution in [0.2, 0.25) is 5.02 Å². The molecule has 2 aromatic rings. The zero-order valence-electron chi connectivity index (χ0n) is 13.7. The molecule has 0 spiro atoms. The van der Waals surface area contributed by atoms with Gasteiger partial charge in [-0.05, 0) is 43.0 Å². The van der Waals surface area contributed by atoms with Crippen LogP contribution in [0.5, 0.6) is 0 Å². The molecule has 2 amide bonds. The molecule has 0 aliphatic carbocycles. The van der Waals surface area contributed by atoms with Gasteiger partial charge < -0.3 is 0 Å². The summed E-state index contributed by atoms with van der Waals surface area (Å²) in [6, 6.07) is 15.6. The summed E-state index contributed by atoms with van der Waals surface area (Å²) in [4.78, 5) is 26.1. The van der Waals surface area contributed by atoms with Crippen molar-refractivity contribution in [3.05, 3.63) is 70.2 Å². The zero-order chi connectivity index (χ0) is 17.1. The molecule has 124 valence electrons. The maximum atomic E-state index is 12.5. The van der Waals surface area contributed by atoms with E-state index in [1.807, 2.05) is 12.1 Å². The van der Waals surface area contributed by atoms with Gasteiger partial charge in [0.1, 0.15) is 0 Å². The number of benzene rings is 2. The lowest BCUT2D eigenvalue weighted by molar-refractivity contribution is -0.140. The Morgan fingerprint density at radius 1 is 1.00 bits per heavy atom. The Labute approximate surface area is 147 Å². The predicted octanol–water partition coefficient (Wildman–Crippen LogP) is 4.16.